The van der Waals surface area contributed by atoms with Gasteiger partial charge < -0.3 is 5.32 Å². The van der Waals surface area contributed by atoms with Crippen molar-refractivity contribution in [2.75, 3.05) is 12.3 Å². The van der Waals surface area contributed by atoms with Gasteiger partial charge in [-0.25, -0.2) is 0 Å². The normalized spacial score (nSPS) is 18.6. The maximum atomic E-state index is 11.6. The number of carbonyl (C=O) groups excluding carboxylic acids is 1. The van der Waals surface area contributed by atoms with Gasteiger partial charge in [-0.05, 0) is 25.3 Å². The van der Waals surface area contributed by atoms with Gasteiger partial charge in [-0.3, -0.25) is 9.48 Å². The number of nitrogens with zero attached hydrogens (tertiary/aromatic N) is 2. The topological polar surface area (TPSA) is 46.9 Å². The molecule has 1 N–H and O–H groups in total. The molecule has 1 saturated heterocycles. The van der Waals surface area contributed by atoms with Gasteiger partial charge in [0.15, 0.2) is 0 Å². The van der Waals surface area contributed by atoms with Gasteiger partial charge in [-0.15, -0.1) is 0 Å². The van der Waals surface area contributed by atoms with Crippen molar-refractivity contribution in [1.29, 1.82) is 0 Å². The molecule has 1 aromatic heterocycles. The summed E-state index contributed by atoms with van der Waals surface area (Å²) in [4.78, 5) is 11.6. The van der Waals surface area contributed by atoms with Gasteiger partial charge >= 0.3 is 0 Å². The number of rotatable bonds is 8. The van der Waals surface area contributed by atoms with Crippen LogP contribution >= 0.6 is 21.6 Å². The predicted molar refractivity (Wildman–Crippen MR) is 82.2 cm³/mol. The van der Waals surface area contributed by atoms with E-state index in [0.717, 1.165) is 18.2 Å². The summed E-state index contributed by atoms with van der Waals surface area (Å²) in [5.74, 6) is 1.46. The maximum absolute atomic E-state index is 11.6. The van der Waals surface area contributed by atoms with Crippen LogP contribution in [0.3, 0.4) is 0 Å². The molecule has 1 aliphatic rings. The molecule has 0 aliphatic carbocycles. The predicted octanol–water partition coefficient (Wildman–Crippen LogP) is 2.71. The van der Waals surface area contributed by atoms with Crippen molar-refractivity contribution in [3.05, 3.63) is 18.5 Å². The highest BCUT2D eigenvalue weighted by molar-refractivity contribution is 8.77. The summed E-state index contributed by atoms with van der Waals surface area (Å²) in [5.41, 5.74) is 0. The number of nitrogens with one attached hydrogen (secondary N) is 1. The van der Waals surface area contributed by atoms with Gasteiger partial charge in [0.25, 0.3) is 0 Å². The van der Waals surface area contributed by atoms with Crippen LogP contribution in [0.2, 0.25) is 0 Å². The first-order valence-corrected chi connectivity index (χ1v) is 9.25. The van der Waals surface area contributed by atoms with E-state index in [1.54, 1.807) is 6.20 Å². The lowest BCUT2D eigenvalue weighted by atomic mass is 10.1. The van der Waals surface area contributed by atoms with Gasteiger partial charge in [0.1, 0.15) is 0 Å². The Bertz CT molecular complexity index is 364. The third kappa shape index (κ3) is 5.91. The van der Waals surface area contributed by atoms with Crippen LogP contribution < -0.4 is 5.32 Å². The summed E-state index contributed by atoms with van der Waals surface area (Å²) in [6, 6.07) is 1.89. The molecule has 106 valence electrons. The van der Waals surface area contributed by atoms with E-state index >= 15 is 0 Å². The Morgan fingerprint density at radius 3 is 3.16 bits per heavy atom. The molecule has 4 nitrogen and oxygen atoms in total. The Labute approximate surface area is 122 Å². The van der Waals surface area contributed by atoms with Crippen molar-refractivity contribution < 1.29 is 4.79 Å². The number of unbranched alkanes of at least 4 members (excludes halogenated alkanes) is 1. The first kappa shape index (κ1) is 14.8. The molecule has 1 aromatic rings. The minimum Gasteiger partial charge on any atom is -0.354 e. The lowest BCUT2D eigenvalue weighted by Gasteiger charge is -2.07. The van der Waals surface area contributed by atoms with Crippen LogP contribution in [0.25, 0.3) is 0 Å². The Morgan fingerprint density at radius 2 is 2.42 bits per heavy atom. The first-order chi connectivity index (χ1) is 9.34. The molecule has 6 heteroatoms. The van der Waals surface area contributed by atoms with Crippen molar-refractivity contribution in [2.45, 2.75) is 43.9 Å². The quantitative estimate of drug-likeness (QED) is 0.592. The smallest absolute Gasteiger partial charge is 0.220 e. The minimum atomic E-state index is 0.167. The Hall–Kier alpha value is -0.620. The van der Waals surface area contributed by atoms with Crippen LogP contribution in [-0.4, -0.2) is 33.2 Å². The number of hydrogen-bond acceptors (Lipinski definition) is 4. The zero-order valence-corrected chi connectivity index (χ0v) is 12.7. The summed E-state index contributed by atoms with van der Waals surface area (Å²) in [6.45, 7) is 1.41. The van der Waals surface area contributed by atoms with Gasteiger partial charge in [-0.2, -0.15) is 5.10 Å². The second-order valence-corrected chi connectivity index (χ2v) is 7.48. The standard InChI is InChI=1S/C13H21N3OS2/c17-13(14-8-10-16-9-3-7-15-16)5-2-1-4-12-6-11-18-19-12/h3,7,9,12H,1-2,4-6,8,10-11H2,(H,14,17)/t12-/m1/s1. The molecule has 1 atom stereocenters. The van der Waals surface area contributed by atoms with Crippen molar-refractivity contribution in [3.63, 3.8) is 0 Å². The summed E-state index contributed by atoms with van der Waals surface area (Å²) in [6.07, 6.45) is 9.10. The third-order valence-corrected chi connectivity index (χ3v) is 6.14. The molecule has 19 heavy (non-hydrogen) atoms. The fourth-order valence-corrected chi connectivity index (χ4v) is 5.08. The van der Waals surface area contributed by atoms with E-state index < -0.39 is 0 Å². The van der Waals surface area contributed by atoms with Crippen LogP contribution in [0.1, 0.15) is 32.1 Å². The minimum absolute atomic E-state index is 0.167. The molecule has 2 rings (SSSR count). The van der Waals surface area contributed by atoms with Crippen LogP contribution in [0.4, 0.5) is 0 Å². The molecule has 1 aliphatic heterocycles. The van der Waals surface area contributed by atoms with E-state index in [-0.39, 0.29) is 5.91 Å². The van der Waals surface area contributed by atoms with Crippen LogP contribution in [0.15, 0.2) is 18.5 Å². The SMILES string of the molecule is O=C(CCCC[C@@H]1CCSS1)NCCn1cccn1. The van der Waals surface area contributed by atoms with Crippen LogP contribution in [0, 0.1) is 0 Å². The van der Waals surface area contributed by atoms with Gasteiger partial charge in [0, 0.05) is 36.4 Å². The average Bonchev–Trinajstić information content (AvgIpc) is 3.07. The number of hydrogen-bond donors (Lipinski definition) is 1. The monoisotopic (exact) mass is 299 g/mol. The molecule has 0 saturated carbocycles. The number of aromatic nitrogens is 2. The first-order valence-electron chi connectivity index (χ1n) is 6.87. The molecular weight excluding hydrogens is 278 g/mol. The van der Waals surface area contributed by atoms with Gasteiger partial charge in [0.2, 0.25) is 5.91 Å². The molecule has 0 unspecified atom stereocenters. The van der Waals surface area contributed by atoms with E-state index in [1.807, 2.05) is 38.5 Å². The Kier molecular flexibility index (Phi) is 6.64. The van der Waals surface area contributed by atoms with E-state index in [1.165, 1.54) is 25.0 Å². The lowest BCUT2D eigenvalue weighted by Crippen LogP contribution is -2.27. The lowest BCUT2D eigenvalue weighted by molar-refractivity contribution is -0.121. The number of amides is 1. The van der Waals surface area contributed by atoms with Crippen molar-refractivity contribution >= 4 is 27.5 Å². The third-order valence-electron chi connectivity index (χ3n) is 3.13. The van der Waals surface area contributed by atoms with E-state index in [2.05, 4.69) is 10.4 Å². The van der Waals surface area contributed by atoms with Crippen molar-refractivity contribution in [1.82, 2.24) is 15.1 Å². The molecular formula is C13H21N3OS2. The van der Waals surface area contributed by atoms with E-state index in [9.17, 15) is 4.79 Å². The summed E-state index contributed by atoms with van der Waals surface area (Å²) in [5, 5.41) is 7.86. The second kappa shape index (κ2) is 8.53. The van der Waals surface area contributed by atoms with Crippen molar-refractivity contribution in [2.24, 2.45) is 0 Å². The van der Waals surface area contributed by atoms with E-state index in [0.29, 0.717) is 13.0 Å². The second-order valence-electron chi connectivity index (χ2n) is 4.69. The highest BCUT2D eigenvalue weighted by Crippen LogP contribution is 2.39. The largest absolute Gasteiger partial charge is 0.354 e. The molecule has 0 bridgehead atoms. The molecule has 0 aromatic carbocycles. The Balaban J connectivity index is 1.45. The highest BCUT2D eigenvalue weighted by Gasteiger charge is 2.15. The fraction of sp³-hybridized carbons (Fsp3) is 0.692. The molecule has 2 heterocycles. The molecule has 1 fully saturated rings. The van der Waals surface area contributed by atoms with E-state index in [4.69, 9.17) is 0 Å². The molecule has 0 radical (unpaired) electrons. The zero-order valence-electron chi connectivity index (χ0n) is 11.1. The van der Waals surface area contributed by atoms with Crippen molar-refractivity contribution in [3.8, 4) is 0 Å². The fourth-order valence-electron chi connectivity index (χ4n) is 2.05. The maximum Gasteiger partial charge on any atom is 0.220 e. The number of carbonyl (C=O) groups is 1. The van der Waals surface area contributed by atoms with Crippen LogP contribution in [0.5, 0.6) is 0 Å². The molecule has 0 spiro atoms. The molecule has 1 amide bonds. The summed E-state index contributed by atoms with van der Waals surface area (Å²) < 4.78 is 1.83. The van der Waals surface area contributed by atoms with Gasteiger partial charge in [0.05, 0.1) is 6.54 Å². The summed E-state index contributed by atoms with van der Waals surface area (Å²) in [7, 11) is 4.01. The zero-order chi connectivity index (χ0) is 13.3. The average molecular weight is 299 g/mol. The summed E-state index contributed by atoms with van der Waals surface area (Å²) >= 11 is 0. The highest BCUT2D eigenvalue weighted by atomic mass is 33.1. The van der Waals surface area contributed by atoms with Gasteiger partial charge in [-0.1, -0.05) is 28.0 Å². The Morgan fingerprint density at radius 1 is 1.47 bits per heavy atom. The van der Waals surface area contributed by atoms with Crippen LogP contribution in [-0.2, 0) is 11.3 Å².